The van der Waals surface area contributed by atoms with Crippen molar-refractivity contribution >= 4 is 29.0 Å². The van der Waals surface area contributed by atoms with E-state index in [1.807, 2.05) is 0 Å². The number of anilines is 1. The number of aryl methyl sites for hydroxylation is 1. The topological polar surface area (TPSA) is 118 Å². The zero-order valence-electron chi connectivity index (χ0n) is 11.5. The van der Waals surface area contributed by atoms with E-state index in [1.165, 1.54) is 24.4 Å². The first-order chi connectivity index (χ1) is 10.5. The second-order valence-electron chi connectivity index (χ2n) is 4.31. The van der Waals surface area contributed by atoms with Gasteiger partial charge in [0.05, 0.1) is 15.7 Å². The number of nitro groups is 1. The number of thioether (sulfide) groups is 1. The van der Waals surface area contributed by atoms with Crippen LogP contribution in [0.25, 0.3) is 0 Å². The molecule has 1 aromatic carbocycles. The van der Waals surface area contributed by atoms with Crippen molar-refractivity contribution in [1.82, 2.24) is 9.97 Å². The molecule has 0 saturated heterocycles. The summed E-state index contributed by atoms with van der Waals surface area (Å²) >= 11 is 1.13. The molecule has 0 spiro atoms. The lowest BCUT2D eigenvalue weighted by Crippen LogP contribution is -2.16. The van der Waals surface area contributed by atoms with Crippen molar-refractivity contribution in [2.24, 2.45) is 0 Å². The summed E-state index contributed by atoms with van der Waals surface area (Å²) in [6.07, 6.45) is 1.42. The lowest BCUT2D eigenvalue weighted by molar-refractivity contribution is -0.383. The van der Waals surface area contributed by atoms with Gasteiger partial charge in [-0.25, -0.2) is 9.78 Å². The number of hydrogen-bond acceptors (Lipinski definition) is 6. The number of aromatic amines is 1. The first-order valence-corrected chi connectivity index (χ1v) is 7.18. The van der Waals surface area contributed by atoms with Gasteiger partial charge < -0.3 is 10.3 Å². The Bertz CT molecular complexity index is 775. The van der Waals surface area contributed by atoms with Crippen LogP contribution in [0, 0.1) is 17.0 Å². The van der Waals surface area contributed by atoms with E-state index >= 15 is 0 Å². The second kappa shape index (κ2) is 6.85. The van der Waals surface area contributed by atoms with Gasteiger partial charge in [-0.2, -0.15) is 0 Å². The molecule has 22 heavy (non-hydrogen) atoms. The molecule has 0 aliphatic rings. The third kappa shape index (κ3) is 3.92. The summed E-state index contributed by atoms with van der Waals surface area (Å²) in [7, 11) is 0. The fourth-order valence-electron chi connectivity index (χ4n) is 1.65. The van der Waals surface area contributed by atoms with Crippen LogP contribution in [-0.2, 0) is 4.79 Å². The van der Waals surface area contributed by atoms with Crippen LogP contribution in [0.1, 0.15) is 5.56 Å². The number of H-pyrrole nitrogens is 1. The normalized spacial score (nSPS) is 10.2. The summed E-state index contributed by atoms with van der Waals surface area (Å²) in [5, 5.41) is 13.9. The van der Waals surface area contributed by atoms with Crippen molar-refractivity contribution in [3.8, 4) is 0 Å². The van der Waals surface area contributed by atoms with Crippen molar-refractivity contribution in [1.29, 1.82) is 0 Å². The Morgan fingerprint density at radius 1 is 1.45 bits per heavy atom. The molecule has 2 N–H and O–H groups in total. The highest BCUT2D eigenvalue weighted by atomic mass is 32.2. The Morgan fingerprint density at radius 3 is 2.91 bits per heavy atom. The van der Waals surface area contributed by atoms with E-state index in [0.717, 1.165) is 17.3 Å². The summed E-state index contributed by atoms with van der Waals surface area (Å²) in [6, 6.07) is 5.89. The van der Waals surface area contributed by atoms with E-state index in [2.05, 4.69) is 15.3 Å². The molecule has 0 fully saturated rings. The number of nitrogens with zero attached hydrogens (tertiary/aromatic N) is 2. The molecular weight excluding hydrogens is 308 g/mol. The highest BCUT2D eigenvalue weighted by Gasteiger charge is 2.15. The lowest BCUT2D eigenvalue weighted by Gasteiger charge is -2.06. The van der Waals surface area contributed by atoms with Crippen molar-refractivity contribution in [2.45, 2.75) is 11.9 Å². The summed E-state index contributed by atoms with van der Waals surface area (Å²) < 4.78 is 0. The zero-order valence-corrected chi connectivity index (χ0v) is 12.3. The predicted octanol–water partition coefficient (Wildman–Crippen LogP) is 1.72. The van der Waals surface area contributed by atoms with Crippen molar-refractivity contribution < 1.29 is 9.72 Å². The van der Waals surface area contributed by atoms with Crippen molar-refractivity contribution in [3.05, 3.63) is 56.6 Å². The minimum Gasteiger partial charge on any atom is -0.320 e. The fourth-order valence-corrected chi connectivity index (χ4v) is 2.44. The molecule has 0 bridgehead atoms. The molecule has 0 aliphatic carbocycles. The lowest BCUT2D eigenvalue weighted by atomic mass is 10.2. The molecule has 1 amide bonds. The molecule has 2 aromatic rings. The average molecular weight is 320 g/mol. The van der Waals surface area contributed by atoms with Crippen molar-refractivity contribution in [3.63, 3.8) is 0 Å². The minimum absolute atomic E-state index is 0.00679. The number of rotatable bonds is 5. The largest absolute Gasteiger partial charge is 0.345 e. The van der Waals surface area contributed by atoms with Gasteiger partial charge in [0, 0.05) is 12.3 Å². The first-order valence-electron chi connectivity index (χ1n) is 6.19. The second-order valence-corrected chi connectivity index (χ2v) is 5.30. The van der Waals surface area contributed by atoms with Crippen LogP contribution < -0.4 is 11.0 Å². The molecule has 9 heteroatoms. The number of benzene rings is 1. The van der Waals surface area contributed by atoms with Gasteiger partial charge in [-0.05, 0) is 18.6 Å². The van der Waals surface area contributed by atoms with Gasteiger partial charge in [0.2, 0.25) is 5.91 Å². The van der Waals surface area contributed by atoms with Gasteiger partial charge in [-0.15, -0.1) is 0 Å². The van der Waals surface area contributed by atoms with Gasteiger partial charge in [0.1, 0.15) is 5.69 Å². The van der Waals surface area contributed by atoms with Crippen LogP contribution in [0.4, 0.5) is 11.4 Å². The number of nitrogens with one attached hydrogen (secondary N) is 2. The van der Waals surface area contributed by atoms with Gasteiger partial charge in [-0.3, -0.25) is 14.9 Å². The molecular formula is C13H12N4O4S. The van der Waals surface area contributed by atoms with Gasteiger partial charge in [0.25, 0.3) is 5.69 Å². The average Bonchev–Trinajstić information content (AvgIpc) is 2.48. The fraction of sp³-hybridized carbons (Fsp3) is 0.154. The van der Waals surface area contributed by atoms with Crippen LogP contribution in [0.2, 0.25) is 0 Å². The van der Waals surface area contributed by atoms with E-state index in [1.54, 1.807) is 13.0 Å². The van der Waals surface area contributed by atoms with Crippen LogP contribution in [0.3, 0.4) is 0 Å². The smallest absolute Gasteiger partial charge is 0.320 e. The molecule has 0 radical (unpaired) electrons. The molecule has 0 unspecified atom stereocenters. The maximum Gasteiger partial charge on any atom is 0.345 e. The van der Waals surface area contributed by atoms with Crippen LogP contribution in [-0.4, -0.2) is 26.6 Å². The maximum atomic E-state index is 11.9. The summed E-state index contributed by atoms with van der Waals surface area (Å²) in [6.45, 7) is 1.76. The molecule has 2 rings (SSSR count). The van der Waals surface area contributed by atoms with E-state index in [9.17, 15) is 19.7 Å². The van der Waals surface area contributed by atoms with Crippen molar-refractivity contribution in [2.75, 3.05) is 11.1 Å². The third-order valence-corrected chi connectivity index (χ3v) is 3.80. The number of aromatic nitrogens is 2. The summed E-state index contributed by atoms with van der Waals surface area (Å²) in [5.41, 5.74) is 0.211. The molecule has 0 saturated carbocycles. The number of para-hydroxylation sites is 2. The SMILES string of the molecule is Cc1cnc(=O)[nH]c1SCC(=O)Nc1ccccc1[N+](=O)[O-]. The minimum atomic E-state index is -0.562. The van der Waals surface area contributed by atoms with Gasteiger partial charge in [0.15, 0.2) is 0 Å². The Morgan fingerprint density at radius 2 is 2.18 bits per heavy atom. The summed E-state index contributed by atoms with van der Waals surface area (Å²) in [4.78, 5) is 39.4. The number of hydrogen-bond donors (Lipinski definition) is 2. The number of nitro benzene ring substituents is 1. The Kier molecular flexibility index (Phi) is 4.89. The highest BCUT2D eigenvalue weighted by Crippen LogP contribution is 2.24. The highest BCUT2D eigenvalue weighted by molar-refractivity contribution is 8.00. The number of carbonyl (C=O) groups is 1. The predicted molar refractivity (Wildman–Crippen MR) is 82.0 cm³/mol. The monoisotopic (exact) mass is 320 g/mol. The van der Waals surface area contributed by atoms with Crippen LogP contribution >= 0.6 is 11.8 Å². The summed E-state index contributed by atoms with van der Waals surface area (Å²) in [5.74, 6) is -0.399. The quantitative estimate of drug-likeness (QED) is 0.375. The van der Waals surface area contributed by atoms with Gasteiger partial charge in [-0.1, -0.05) is 23.9 Å². The Balaban J connectivity index is 2.04. The van der Waals surface area contributed by atoms with Gasteiger partial charge >= 0.3 is 5.69 Å². The van der Waals surface area contributed by atoms with E-state index in [0.29, 0.717) is 5.03 Å². The number of amides is 1. The Labute approximate surface area is 129 Å². The zero-order chi connectivity index (χ0) is 16.1. The van der Waals surface area contributed by atoms with E-state index < -0.39 is 16.5 Å². The van der Waals surface area contributed by atoms with E-state index in [4.69, 9.17) is 0 Å². The standard InChI is InChI=1S/C13H12N4O4S/c1-8-6-14-13(19)16-12(8)22-7-11(18)15-9-4-2-3-5-10(9)17(20)21/h2-6H,7H2,1H3,(H,15,18)(H,14,16,19). The van der Waals surface area contributed by atoms with Crippen LogP contribution in [0.15, 0.2) is 40.3 Å². The van der Waals surface area contributed by atoms with E-state index in [-0.39, 0.29) is 17.1 Å². The molecule has 0 atom stereocenters. The third-order valence-electron chi connectivity index (χ3n) is 2.68. The number of carbonyl (C=O) groups excluding carboxylic acids is 1. The van der Waals surface area contributed by atoms with Crippen LogP contribution in [0.5, 0.6) is 0 Å². The molecule has 0 aliphatic heterocycles. The molecule has 114 valence electrons. The molecule has 1 heterocycles. The molecule has 8 nitrogen and oxygen atoms in total. The first kappa shape index (κ1) is 15.7. The maximum absolute atomic E-state index is 11.9. The Hall–Kier alpha value is -2.68. The molecule has 1 aromatic heterocycles.